The van der Waals surface area contributed by atoms with Crippen LogP contribution in [-0.4, -0.2) is 13.1 Å². The minimum Gasteiger partial charge on any atom is -0.371 e. The number of benzene rings is 1. The zero-order valence-corrected chi connectivity index (χ0v) is 8.59. The van der Waals surface area contributed by atoms with E-state index in [2.05, 4.69) is 17.2 Å². The largest absolute Gasteiger partial charge is 0.371 e. The standard InChI is InChI=1S/C11H16FN3/c1-9(14-7-6-13)15-8-10-4-2-3-5-11(10)12/h2-5,14-15H,1,6-8,13H2. The molecule has 0 aliphatic carbocycles. The van der Waals surface area contributed by atoms with Gasteiger partial charge in [-0.15, -0.1) is 0 Å². The van der Waals surface area contributed by atoms with Gasteiger partial charge in [0.2, 0.25) is 0 Å². The Morgan fingerprint density at radius 2 is 2.07 bits per heavy atom. The van der Waals surface area contributed by atoms with Crippen molar-refractivity contribution >= 4 is 0 Å². The van der Waals surface area contributed by atoms with Gasteiger partial charge in [0, 0.05) is 25.2 Å². The fourth-order valence-electron chi connectivity index (χ4n) is 1.13. The summed E-state index contributed by atoms with van der Waals surface area (Å²) in [6.45, 7) is 5.35. The van der Waals surface area contributed by atoms with E-state index in [1.165, 1.54) is 6.07 Å². The monoisotopic (exact) mass is 209 g/mol. The van der Waals surface area contributed by atoms with Crippen LogP contribution in [0.3, 0.4) is 0 Å². The molecule has 1 aromatic rings. The Balaban J connectivity index is 2.37. The molecule has 15 heavy (non-hydrogen) atoms. The summed E-state index contributed by atoms with van der Waals surface area (Å²) in [5, 5.41) is 5.94. The van der Waals surface area contributed by atoms with Crippen LogP contribution in [0.5, 0.6) is 0 Å². The topological polar surface area (TPSA) is 50.1 Å². The van der Waals surface area contributed by atoms with E-state index in [0.717, 1.165) is 0 Å². The van der Waals surface area contributed by atoms with E-state index < -0.39 is 0 Å². The molecule has 0 fully saturated rings. The highest BCUT2D eigenvalue weighted by Crippen LogP contribution is 2.05. The van der Waals surface area contributed by atoms with Crippen molar-refractivity contribution in [3.63, 3.8) is 0 Å². The molecule has 0 aliphatic rings. The number of rotatable bonds is 6. The second kappa shape index (κ2) is 6.03. The lowest BCUT2D eigenvalue weighted by Crippen LogP contribution is -2.29. The normalized spacial score (nSPS) is 9.73. The van der Waals surface area contributed by atoms with Gasteiger partial charge >= 0.3 is 0 Å². The Morgan fingerprint density at radius 3 is 2.73 bits per heavy atom. The lowest BCUT2D eigenvalue weighted by Gasteiger charge is -2.11. The van der Waals surface area contributed by atoms with Crippen LogP contribution in [0.4, 0.5) is 4.39 Å². The first-order chi connectivity index (χ1) is 7.24. The minimum atomic E-state index is -0.211. The lowest BCUT2D eigenvalue weighted by molar-refractivity contribution is 0.594. The Morgan fingerprint density at radius 1 is 1.33 bits per heavy atom. The van der Waals surface area contributed by atoms with E-state index >= 15 is 0 Å². The predicted molar refractivity (Wildman–Crippen MR) is 59.4 cm³/mol. The number of hydrogen-bond acceptors (Lipinski definition) is 3. The summed E-state index contributed by atoms with van der Waals surface area (Å²) < 4.78 is 13.2. The second-order valence-corrected chi connectivity index (χ2v) is 3.14. The van der Waals surface area contributed by atoms with Crippen LogP contribution >= 0.6 is 0 Å². The molecule has 0 amide bonds. The zero-order chi connectivity index (χ0) is 11.1. The molecular formula is C11H16FN3. The molecule has 3 nitrogen and oxygen atoms in total. The van der Waals surface area contributed by atoms with Crippen molar-refractivity contribution in [3.05, 3.63) is 48.0 Å². The molecule has 0 heterocycles. The molecule has 0 spiro atoms. The molecule has 0 saturated carbocycles. The minimum absolute atomic E-state index is 0.211. The summed E-state index contributed by atoms with van der Waals surface area (Å²) in [5.74, 6) is 0.445. The molecule has 4 heteroatoms. The van der Waals surface area contributed by atoms with Gasteiger partial charge in [0.1, 0.15) is 5.82 Å². The summed E-state index contributed by atoms with van der Waals surface area (Å²) in [5.41, 5.74) is 5.94. The fraction of sp³-hybridized carbons (Fsp3) is 0.273. The first-order valence-electron chi connectivity index (χ1n) is 4.84. The molecule has 0 saturated heterocycles. The van der Waals surface area contributed by atoms with Gasteiger partial charge in [-0.1, -0.05) is 24.8 Å². The predicted octanol–water partition coefficient (Wildman–Crippen LogP) is 0.935. The Kier molecular flexibility index (Phi) is 4.63. The highest BCUT2D eigenvalue weighted by molar-refractivity contribution is 5.17. The van der Waals surface area contributed by atoms with Gasteiger partial charge in [-0.25, -0.2) is 4.39 Å². The van der Waals surface area contributed by atoms with Crippen LogP contribution in [0.1, 0.15) is 5.56 Å². The fourth-order valence-corrected chi connectivity index (χ4v) is 1.13. The Labute approximate surface area is 89.2 Å². The van der Waals surface area contributed by atoms with Crippen LogP contribution in [0.25, 0.3) is 0 Å². The number of halogens is 1. The molecule has 0 unspecified atom stereocenters. The summed E-state index contributed by atoms with van der Waals surface area (Å²) in [4.78, 5) is 0. The number of nitrogens with one attached hydrogen (secondary N) is 2. The van der Waals surface area contributed by atoms with Crippen LogP contribution in [0, 0.1) is 5.82 Å². The Hall–Kier alpha value is -1.55. The molecule has 0 radical (unpaired) electrons. The third-order valence-corrected chi connectivity index (χ3v) is 1.93. The number of nitrogens with two attached hydrogens (primary N) is 1. The third-order valence-electron chi connectivity index (χ3n) is 1.93. The molecule has 1 rings (SSSR count). The smallest absolute Gasteiger partial charge is 0.128 e. The van der Waals surface area contributed by atoms with Crippen molar-refractivity contribution in [3.8, 4) is 0 Å². The maximum Gasteiger partial charge on any atom is 0.128 e. The number of hydrogen-bond donors (Lipinski definition) is 3. The van der Waals surface area contributed by atoms with Gasteiger partial charge in [0.15, 0.2) is 0 Å². The first kappa shape index (κ1) is 11.5. The van der Waals surface area contributed by atoms with E-state index in [1.807, 2.05) is 0 Å². The quantitative estimate of drug-likeness (QED) is 0.653. The third kappa shape index (κ3) is 3.99. The summed E-state index contributed by atoms with van der Waals surface area (Å²) in [6.07, 6.45) is 0. The van der Waals surface area contributed by atoms with Crippen molar-refractivity contribution in [1.29, 1.82) is 0 Å². The first-order valence-corrected chi connectivity index (χ1v) is 4.84. The molecule has 0 atom stereocenters. The molecule has 0 aromatic heterocycles. The van der Waals surface area contributed by atoms with Crippen LogP contribution in [0.15, 0.2) is 36.7 Å². The van der Waals surface area contributed by atoms with Gasteiger partial charge < -0.3 is 16.4 Å². The molecule has 4 N–H and O–H groups in total. The van der Waals surface area contributed by atoms with Crippen LogP contribution in [0.2, 0.25) is 0 Å². The molecular weight excluding hydrogens is 193 g/mol. The van der Waals surface area contributed by atoms with Crippen LogP contribution < -0.4 is 16.4 Å². The van der Waals surface area contributed by atoms with Gasteiger partial charge in [-0.2, -0.15) is 0 Å². The maximum atomic E-state index is 13.2. The average Bonchev–Trinajstić information content (AvgIpc) is 2.25. The van der Waals surface area contributed by atoms with E-state index in [-0.39, 0.29) is 5.82 Å². The molecule has 1 aromatic carbocycles. The summed E-state index contributed by atoms with van der Waals surface area (Å²) in [7, 11) is 0. The zero-order valence-electron chi connectivity index (χ0n) is 8.59. The van der Waals surface area contributed by atoms with Crippen molar-refractivity contribution in [1.82, 2.24) is 10.6 Å². The molecule has 0 bridgehead atoms. The van der Waals surface area contributed by atoms with Gasteiger partial charge in [-0.3, -0.25) is 0 Å². The van der Waals surface area contributed by atoms with E-state index in [4.69, 9.17) is 5.73 Å². The lowest BCUT2D eigenvalue weighted by atomic mass is 10.2. The second-order valence-electron chi connectivity index (χ2n) is 3.14. The van der Waals surface area contributed by atoms with Gasteiger partial charge in [-0.05, 0) is 6.07 Å². The van der Waals surface area contributed by atoms with E-state index in [9.17, 15) is 4.39 Å². The Bertz CT molecular complexity index is 325. The van der Waals surface area contributed by atoms with Crippen molar-refractivity contribution in [2.75, 3.05) is 13.1 Å². The summed E-state index contributed by atoms with van der Waals surface area (Å²) in [6, 6.07) is 6.64. The van der Waals surface area contributed by atoms with Crippen molar-refractivity contribution < 1.29 is 4.39 Å². The molecule has 82 valence electrons. The van der Waals surface area contributed by atoms with Gasteiger partial charge in [0.05, 0.1) is 5.82 Å². The molecule has 0 aliphatic heterocycles. The van der Waals surface area contributed by atoms with E-state index in [0.29, 0.717) is 31.0 Å². The van der Waals surface area contributed by atoms with Crippen molar-refractivity contribution in [2.24, 2.45) is 5.73 Å². The average molecular weight is 209 g/mol. The maximum absolute atomic E-state index is 13.2. The SMILES string of the molecule is C=C(NCCN)NCc1ccccc1F. The summed E-state index contributed by atoms with van der Waals surface area (Å²) >= 11 is 0. The highest BCUT2D eigenvalue weighted by atomic mass is 19.1. The van der Waals surface area contributed by atoms with E-state index in [1.54, 1.807) is 18.2 Å². The van der Waals surface area contributed by atoms with Gasteiger partial charge in [0.25, 0.3) is 0 Å². The highest BCUT2D eigenvalue weighted by Gasteiger charge is 1.99. The van der Waals surface area contributed by atoms with Crippen LogP contribution in [-0.2, 0) is 6.54 Å². The van der Waals surface area contributed by atoms with Crippen molar-refractivity contribution in [2.45, 2.75) is 6.54 Å².